The van der Waals surface area contributed by atoms with Crippen LogP contribution in [0.25, 0.3) is 0 Å². The van der Waals surface area contributed by atoms with Crippen LogP contribution in [0.1, 0.15) is 59.6 Å². The smallest absolute Gasteiger partial charge is 0.408 e. The Balaban J connectivity index is 3.08. The second-order valence-corrected chi connectivity index (χ2v) is 8.34. The first-order valence-corrected chi connectivity index (χ1v) is 10.9. The average Bonchev–Trinajstić information content (AvgIpc) is 2.69. The van der Waals surface area contributed by atoms with Gasteiger partial charge in [-0.2, -0.15) is 0 Å². The minimum absolute atomic E-state index is 0.0183. The fourth-order valence-electron chi connectivity index (χ4n) is 3.05. The summed E-state index contributed by atoms with van der Waals surface area (Å²) in [7, 11) is 0. The molecule has 0 radical (unpaired) electrons. The van der Waals surface area contributed by atoms with Crippen LogP contribution in [0.5, 0.6) is 5.75 Å². The largest absolute Gasteiger partial charge is 0.508 e. The van der Waals surface area contributed by atoms with Gasteiger partial charge in [-0.15, -0.1) is 0 Å². The molecule has 33 heavy (non-hydrogen) atoms. The van der Waals surface area contributed by atoms with Gasteiger partial charge in [0.1, 0.15) is 23.4 Å². The van der Waals surface area contributed by atoms with Gasteiger partial charge >= 0.3 is 12.1 Å². The highest BCUT2D eigenvalue weighted by Crippen LogP contribution is 2.25. The molecule has 10 nitrogen and oxygen atoms in total. The molecule has 1 rings (SSSR count). The zero-order valence-electron chi connectivity index (χ0n) is 20.1. The Morgan fingerprint density at radius 3 is 2.36 bits per heavy atom. The lowest BCUT2D eigenvalue weighted by atomic mass is 10.0. The Bertz CT molecular complexity index is 836. The molecular formula is C23H35N3O7. The second-order valence-electron chi connectivity index (χ2n) is 8.34. The third kappa shape index (κ3) is 9.38. The number of phenolic OH excluding ortho intramolecular Hbond substituents is 1. The number of alkyl carbamates (subject to hydrolysis) is 1. The molecule has 0 aliphatic rings. The fourth-order valence-corrected chi connectivity index (χ4v) is 3.05. The highest BCUT2D eigenvalue weighted by molar-refractivity contribution is 5.92. The number of carbonyl (C=O) groups is 4. The first kappa shape index (κ1) is 27.7. The number of likely N-dealkylation sites (N-methyl/N-ethyl adjacent to an activating group) is 1. The summed E-state index contributed by atoms with van der Waals surface area (Å²) in [5, 5.41) is 15.0. The lowest BCUT2D eigenvalue weighted by molar-refractivity contribution is -0.144. The lowest BCUT2D eigenvalue weighted by Gasteiger charge is -2.32. The van der Waals surface area contributed by atoms with E-state index in [9.17, 15) is 24.3 Å². The van der Waals surface area contributed by atoms with Gasteiger partial charge in [-0.1, -0.05) is 12.1 Å². The van der Waals surface area contributed by atoms with Crippen molar-refractivity contribution in [3.63, 3.8) is 0 Å². The van der Waals surface area contributed by atoms with Gasteiger partial charge in [0.15, 0.2) is 0 Å². The molecule has 0 fully saturated rings. The third-order valence-corrected chi connectivity index (χ3v) is 4.41. The van der Waals surface area contributed by atoms with Crippen LogP contribution in [0, 0.1) is 0 Å². The zero-order valence-corrected chi connectivity index (χ0v) is 20.1. The van der Waals surface area contributed by atoms with Gasteiger partial charge in [-0.05, 0) is 59.2 Å². The summed E-state index contributed by atoms with van der Waals surface area (Å²) >= 11 is 0. The van der Waals surface area contributed by atoms with Gasteiger partial charge in [0.05, 0.1) is 13.0 Å². The summed E-state index contributed by atoms with van der Waals surface area (Å²) in [4.78, 5) is 51.2. The molecule has 2 unspecified atom stereocenters. The number of carbonyl (C=O) groups excluding carboxylic acids is 4. The van der Waals surface area contributed by atoms with E-state index in [1.165, 1.54) is 24.0 Å². The molecule has 0 aliphatic carbocycles. The van der Waals surface area contributed by atoms with Crippen molar-refractivity contribution in [2.75, 3.05) is 19.7 Å². The van der Waals surface area contributed by atoms with Crippen LogP contribution in [-0.4, -0.2) is 65.2 Å². The Morgan fingerprint density at radius 1 is 1.15 bits per heavy atom. The summed E-state index contributed by atoms with van der Waals surface area (Å²) in [5.41, 5.74) is -0.358. The van der Waals surface area contributed by atoms with E-state index >= 15 is 0 Å². The van der Waals surface area contributed by atoms with E-state index in [1.54, 1.807) is 46.8 Å². The fraction of sp³-hybridized carbons (Fsp3) is 0.565. The number of nitrogens with one attached hydrogen (secondary N) is 2. The first-order valence-electron chi connectivity index (χ1n) is 10.9. The predicted molar refractivity (Wildman–Crippen MR) is 121 cm³/mol. The standard InChI is InChI=1S/C23H35N3O7/c1-7-26(21(30)15(3)25-22(31)33-23(4,5)6)19(16-10-9-11-17(27)14-16)20(29)24-13-12-18(28)32-8-2/h9-11,14-15,19,27H,7-8,12-13H2,1-6H3,(H,24,29)(H,25,31). The Labute approximate surface area is 194 Å². The average molecular weight is 466 g/mol. The van der Waals surface area contributed by atoms with Crippen molar-refractivity contribution in [2.45, 2.75) is 65.6 Å². The van der Waals surface area contributed by atoms with Gasteiger partial charge in [0.2, 0.25) is 11.8 Å². The number of esters is 1. The minimum Gasteiger partial charge on any atom is -0.508 e. The molecule has 10 heteroatoms. The molecule has 0 aliphatic heterocycles. The molecule has 0 spiro atoms. The summed E-state index contributed by atoms with van der Waals surface area (Å²) in [6.07, 6.45) is -0.782. The number of nitrogens with zero attached hydrogens (tertiary/aromatic N) is 1. The van der Waals surface area contributed by atoms with Crippen molar-refractivity contribution < 1.29 is 33.8 Å². The number of benzene rings is 1. The number of ether oxygens (including phenoxy) is 2. The molecule has 0 heterocycles. The molecule has 0 saturated heterocycles. The molecule has 0 aromatic heterocycles. The predicted octanol–water partition coefficient (Wildman–Crippen LogP) is 2.26. The van der Waals surface area contributed by atoms with Crippen molar-refractivity contribution in [2.24, 2.45) is 0 Å². The summed E-state index contributed by atoms with van der Waals surface area (Å²) in [6.45, 7) is 10.4. The van der Waals surface area contributed by atoms with Gasteiger partial charge < -0.3 is 30.1 Å². The minimum atomic E-state index is -1.10. The van der Waals surface area contributed by atoms with E-state index < -0.39 is 41.6 Å². The number of hydrogen-bond donors (Lipinski definition) is 3. The Hall–Kier alpha value is -3.30. The van der Waals surface area contributed by atoms with Crippen molar-refractivity contribution in [1.82, 2.24) is 15.5 Å². The molecule has 3 amide bonds. The molecular weight excluding hydrogens is 430 g/mol. The van der Waals surface area contributed by atoms with Crippen molar-refractivity contribution in [1.29, 1.82) is 0 Å². The second kappa shape index (κ2) is 12.7. The van der Waals surface area contributed by atoms with E-state index in [0.717, 1.165) is 0 Å². The van der Waals surface area contributed by atoms with Gasteiger partial charge in [-0.3, -0.25) is 14.4 Å². The van der Waals surface area contributed by atoms with E-state index in [-0.39, 0.29) is 31.9 Å². The molecule has 1 aromatic rings. The number of phenols is 1. The van der Waals surface area contributed by atoms with Gasteiger partial charge in [-0.25, -0.2) is 4.79 Å². The number of rotatable bonds is 10. The van der Waals surface area contributed by atoms with Crippen molar-refractivity contribution in [3.05, 3.63) is 29.8 Å². The molecule has 0 saturated carbocycles. The molecule has 2 atom stereocenters. The SMILES string of the molecule is CCOC(=O)CCNC(=O)C(c1cccc(O)c1)N(CC)C(=O)C(C)NC(=O)OC(C)(C)C. The molecule has 1 aromatic carbocycles. The van der Waals surface area contributed by atoms with Crippen LogP contribution in [0.4, 0.5) is 4.79 Å². The van der Waals surface area contributed by atoms with Crippen molar-refractivity contribution in [3.8, 4) is 5.75 Å². The molecule has 3 N–H and O–H groups in total. The number of hydrogen-bond acceptors (Lipinski definition) is 7. The van der Waals surface area contributed by atoms with Crippen LogP contribution in [0.2, 0.25) is 0 Å². The van der Waals surface area contributed by atoms with Gasteiger partial charge in [0, 0.05) is 13.1 Å². The normalized spacial score (nSPS) is 12.8. The monoisotopic (exact) mass is 465 g/mol. The Kier molecular flexibility index (Phi) is 10.6. The number of aromatic hydroxyl groups is 1. The Morgan fingerprint density at radius 2 is 1.82 bits per heavy atom. The van der Waals surface area contributed by atoms with Crippen molar-refractivity contribution >= 4 is 23.9 Å². The quantitative estimate of drug-likeness (QED) is 0.451. The highest BCUT2D eigenvalue weighted by Gasteiger charge is 2.34. The van der Waals surface area contributed by atoms with E-state index in [0.29, 0.717) is 5.56 Å². The van der Waals surface area contributed by atoms with Crippen LogP contribution in [0.3, 0.4) is 0 Å². The summed E-state index contributed by atoms with van der Waals surface area (Å²) in [5.74, 6) is -1.58. The molecule has 0 bridgehead atoms. The van der Waals surface area contributed by atoms with E-state index in [1.807, 2.05) is 0 Å². The van der Waals surface area contributed by atoms with E-state index in [2.05, 4.69) is 10.6 Å². The van der Waals surface area contributed by atoms with Crippen LogP contribution in [0.15, 0.2) is 24.3 Å². The van der Waals surface area contributed by atoms with Crippen LogP contribution >= 0.6 is 0 Å². The lowest BCUT2D eigenvalue weighted by Crippen LogP contribution is -2.52. The molecule has 184 valence electrons. The summed E-state index contributed by atoms with van der Waals surface area (Å²) in [6, 6.07) is 3.93. The van der Waals surface area contributed by atoms with Crippen LogP contribution in [-0.2, 0) is 23.9 Å². The maximum atomic E-state index is 13.2. The van der Waals surface area contributed by atoms with Crippen LogP contribution < -0.4 is 10.6 Å². The highest BCUT2D eigenvalue weighted by atomic mass is 16.6. The van der Waals surface area contributed by atoms with Gasteiger partial charge in [0.25, 0.3) is 0 Å². The first-order chi connectivity index (χ1) is 15.4. The zero-order chi connectivity index (χ0) is 25.2. The number of amides is 3. The topological polar surface area (TPSA) is 134 Å². The summed E-state index contributed by atoms with van der Waals surface area (Å²) < 4.78 is 10.1. The maximum absolute atomic E-state index is 13.2. The maximum Gasteiger partial charge on any atom is 0.408 e. The third-order valence-electron chi connectivity index (χ3n) is 4.41. The van der Waals surface area contributed by atoms with E-state index in [4.69, 9.17) is 9.47 Å².